The molecule has 1 aliphatic heterocycles. The second kappa shape index (κ2) is 9.08. The van der Waals surface area contributed by atoms with Gasteiger partial charge in [-0.2, -0.15) is 0 Å². The molecule has 1 aromatic carbocycles. The predicted molar refractivity (Wildman–Crippen MR) is 111 cm³/mol. The van der Waals surface area contributed by atoms with Gasteiger partial charge >= 0.3 is 6.03 Å². The van der Waals surface area contributed by atoms with Gasteiger partial charge in [-0.1, -0.05) is 50.8 Å². The maximum atomic E-state index is 13.3. The summed E-state index contributed by atoms with van der Waals surface area (Å²) in [6, 6.07) is 3.88. The number of amides is 2. The van der Waals surface area contributed by atoms with Crippen molar-refractivity contribution in [2.45, 2.75) is 64.8 Å². The van der Waals surface area contributed by atoms with Crippen LogP contribution in [-0.4, -0.2) is 22.6 Å². The zero-order chi connectivity index (χ0) is 20.3. The molecule has 2 N–H and O–H groups in total. The van der Waals surface area contributed by atoms with Gasteiger partial charge in [0.15, 0.2) is 0 Å². The third-order valence-corrected chi connectivity index (χ3v) is 6.59. The monoisotopic (exact) mass is 404 g/mol. The van der Waals surface area contributed by atoms with Gasteiger partial charge in [0.25, 0.3) is 0 Å². The number of aliphatic imine (C=N–C) groups is 1. The zero-order valence-corrected chi connectivity index (χ0v) is 17.3. The number of carbonyl (C=O) groups excluding carboxylic acids is 2. The minimum atomic E-state index is -0.502. The van der Waals surface area contributed by atoms with Gasteiger partial charge in [-0.05, 0) is 48.8 Å². The van der Waals surface area contributed by atoms with E-state index in [1.807, 2.05) is 6.92 Å². The molecule has 2 amide bonds. The predicted octanol–water partition coefficient (Wildman–Crippen LogP) is 5.45. The molecule has 152 valence electrons. The Kier molecular flexibility index (Phi) is 6.76. The Morgan fingerprint density at radius 3 is 2.50 bits per heavy atom. The number of ketones is 1. The van der Waals surface area contributed by atoms with Crippen molar-refractivity contribution < 1.29 is 14.7 Å². The van der Waals surface area contributed by atoms with E-state index in [2.05, 4.69) is 17.2 Å². The molecule has 0 spiro atoms. The normalized spacial score (nSPS) is 27.8. The summed E-state index contributed by atoms with van der Waals surface area (Å²) in [5.74, 6) is 0.838. The van der Waals surface area contributed by atoms with Gasteiger partial charge in [-0.15, -0.1) is 0 Å². The van der Waals surface area contributed by atoms with E-state index in [1.54, 1.807) is 12.1 Å². The lowest BCUT2D eigenvalue weighted by Gasteiger charge is -2.33. The number of benzene rings is 1. The van der Waals surface area contributed by atoms with Gasteiger partial charge in [0.1, 0.15) is 11.5 Å². The number of urea groups is 1. The van der Waals surface area contributed by atoms with Gasteiger partial charge in [0, 0.05) is 12.1 Å². The van der Waals surface area contributed by atoms with Gasteiger partial charge in [0.2, 0.25) is 0 Å². The highest BCUT2D eigenvalue weighted by atomic mass is 35.5. The molecule has 1 aromatic rings. The van der Waals surface area contributed by atoms with Crippen LogP contribution in [0.2, 0.25) is 5.02 Å². The summed E-state index contributed by atoms with van der Waals surface area (Å²) < 4.78 is 0. The second-order valence-corrected chi connectivity index (χ2v) is 8.45. The summed E-state index contributed by atoms with van der Waals surface area (Å²) >= 11 is 6.07. The minimum absolute atomic E-state index is 0.0208. The number of phenols is 1. The fraction of sp³-hybridized carbons (Fsp3) is 0.591. The van der Waals surface area contributed by atoms with E-state index in [0.717, 1.165) is 18.8 Å². The topological polar surface area (TPSA) is 78.8 Å². The number of nitrogens with one attached hydrogen (secondary N) is 1. The number of hydrogen-bond donors (Lipinski definition) is 2. The van der Waals surface area contributed by atoms with Crippen LogP contribution < -0.4 is 5.32 Å². The number of nitrogens with zero attached hydrogens (tertiary/aromatic N) is 1. The van der Waals surface area contributed by atoms with Gasteiger partial charge in [0.05, 0.1) is 17.0 Å². The van der Waals surface area contributed by atoms with E-state index in [4.69, 9.17) is 11.6 Å². The lowest BCUT2D eigenvalue weighted by atomic mass is 9.75. The molecule has 28 heavy (non-hydrogen) atoms. The molecule has 1 saturated carbocycles. The standard InChI is InChI=1S/C22H29ClN2O3/c1-3-13-5-7-14(8-6-13)11-19(27)20-17(4-2)24-22(28)25-21(20)15-9-10-18(26)16(23)12-15/h9-10,12-14,20-21,26H,3-8,11H2,1-2H3,(H,25,28). The maximum Gasteiger partial charge on any atom is 0.341 e. The summed E-state index contributed by atoms with van der Waals surface area (Å²) in [5.41, 5.74) is 1.34. The number of phenolic OH excluding ortho intramolecular Hbond substituents is 1. The molecule has 2 aliphatic rings. The molecule has 0 radical (unpaired) electrons. The fourth-order valence-electron chi connectivity index (χ4n) is 4.56. The number of carbonyl (C=O) groups is 2. The minimum Gasteiger partial charge on any atom is -0.506 e. The van der Waals surface area contributed by atoms with E-state index in [9.17, 15) is 14.7 Å². The van der Waals surface area contributed by atoms with Crippen molar-refractivity contribution in [3.8, 4) is 5.75 Å². The van der Waals surface area contributed by atoms with Gasteiger partial charge in [-0.25, -0.2) is 9.79 Å². The molecule has 1 heterocycles. The van der Waals surface area contributed by atoms with E-state index >= 15 is 0 Å². The zero-order valence-electron chi connectivity index (χ0n) is 16.6. The summed E-state index contributed by atoms with van der Waals surface area (Å²) in [7, 11) is 0. The van der Waals surface area contributed by atoms with Crippen LogP contribution in [0.15, 0.2) is 23.2 Å². The summed E-state index contributed by atoms with van der Waals surface area (Å²) in [4.78, 5) is 29.5. The summed E-state index contributed by atoms with van der Waals surface area (Å²) in [6.07, 6.45) is 6.87. The lowest BCUT2D eigenvalue weighted by molar-refractivity contribution is -0.123. The van der Waals surface area contributed by atoms with Crippen LogP contribution in [0, 0.1) is 17.8 Å². The molecule has 3 rings (SSSR count). The molecule has 1 aliphatic carbocycles. The first-order valence-electron chi connectivity index (χ1n) is 10.3. The molecule has 2 unspecified atom stereocenters. The quantitative estimate of drug-likeness (QED) is 0.661. The molecule has 0 bridgehead atoms. The Balaban J connectivity index is 1.82. The van der Waals surface area contributed by atoms with E-state index in [0.29, 0.717) is 30.0 Å². The summed E-state index contributed by atoms with van der Waals surface area (Å²) in [5, 5.41) is 12.8. The highest BCUT2D eigenvalue weighted by molar-refractivity contribution is 6.32. The second-order valence-electron chi connectivity index (χ2n) is 8.04. The van der Waals surface area contributed by atoms with E-state index in [-0.39, 0.29) is 16.6 Å². The van der Waals surface area contributed by atoms with Crippen molar-refractivity contribution in [2.24, 2.45) is 22.7 Å². The van der Waals surface area contributed by atoms with Crippen molar-refractivity contribution >= 4 is 29.1 Å². The van der Waals surface area contributed by atoms with Gasteiger partial charge < -0.3 is 10.4 Å². The molecule has 0 aromatic heterocycles. The maximum absolute atomic E-state index is 13.3. The molecule has 6 heteroatoms. The Morgan fingerprint density at radius 1 is 1.21 bits per heavy atom. The largest absolute Gasteiger partial charge is 0.506 e. The van der Waals surface area contributed by atoms with Crippen LogP contribution >= 0.6 is 11.6 Å². The molecule has 2 atom stereocenters. The number of halogens is 1. The summed E-state index contributed by atoms with van der Waals surface area (Å²) in [6.45, 7) is 4.16. The number of aromatic hydroxyl groups is 1. The van der Waals surface area contributed by atoms with Crippen LogP contribution in [0.25, 0.3) is 0 Å². The Hall–Kier alpha value is -1.88. The molecule has 1 fully saturated rings. The van der Waals surface area contributed by atoms with Crippen LogP contribution in [0.3, 0.4) is 0 Å². The highest BCUT2D eigenvalue weighted by Gasteiger charge is 2.38. The first-order chi connectivity index (χ1) is 13.4. The van der Waals surface area contributed by atoms with Crippen LogP contribution in [0.1, 0.15) is 70.4 Å². The first kappa shape index (κ1) is 20.8. The van der Waals surface area contributed by atoms with E-state index < -0.39 is 18.0 Å². The third-order valence-electron chi connectivity index (χ3n) is 6.29. The van der Waals surface area contributed by atoms with Gasteiger partial charge in [-0.3, -0.25) is 4.79 Å². The van der Waals surface area contributed by atoms with Crippen molar-refractivity contribution in [1.82, 2.24) is 5.32 Å². The van der Waals surface area contributed by atoms with E-state index in [1.165, 1.54) is 25.3 Å². The van der Waals surface area contributed by atoms with Crippen molar-refractivity contribution in [3.63, 3.8) is 0 Å². The smallest absolute Gasteiger partial charge is 0.341 e. The Morgan fingerprint density at radius 2 is 1.89 bits per heavy atom. The van der Waals surface area contributed by atoms with Crippen LogP contribution in [0.5, 0.6) is 5.75 Å². The first-order valence-corrected chi connectivity index (χ1v) is 10.7. The highest BCUT2D eigenvalue weighted by Crippen LogP contribution is 2.37. The van der Waals surface area contributed by atoms with Crippen molar-refractivity contribution in [3.05, 3.63) is 28.8 Å². The Bertz CT molecular complexity index is 769. The van der Waals surface area contributed by atoms with Crippen LogP contribution in [0.4, 0.5) is 4.79 Å². The number of hydrogen-bond acceptors (Lipinski definition) is 3. The number of rotatable bonds is 6. The van der Waals surface area contributed by atoms with Crippen molar-refractivity contribution in [2.75, 3.05) is 0 Å². The average molecular weight is 405 g/mol. The third kappa shape index (κ3) is 4.57. The fourth-order valence-corrected chi connectivity index (χ4v) is 4.75. The SMILES string of the molecule is CCC1=NC(=O)NC(c2ccc(O)c(Cl)c2)C1C(=O)CC1CCC(CC)CC1. The Labute approximate surface area is 171 Å². The molecule has 0 saturated heterocycles. The molecular formula is C22H29ClN2O3. The van der Waals surface area contributed by atoms with Crippen molar-refractivity contribution in [1.29, 1.82) is 0 Å². The molecular weight excluding hydrogens is 376 g/mol. The van der Waals surface area contributed by atoms with Crippen LogP contribution in [-0.2, 0) is 4.79 Å². The average Bonchev–Trinajstić information content (AvgIpc) is 2.69. The number of Topliss-reactive ketones (excluding diaryl/α,β-unsaturated/α-hetero) is 1. The molecule has 5 nitrogen and oxygen atoms in total. The lowest BCUT2D eigenvalue weighted by Crippen LogP contribution is -2.44.